The Kier molecular flexibility index (Phi) is 1.35. The molecule has 1 rings (SSSR count). The molecule has 0 aliphatic heterocycles. The maximum Gasteiger partial charge on any atom is 0.124 e. The van der Waals surface area contributed by atoms with Crippen LogP contribution in [-0.4, -0.2) is 18.0 Å². The van der Waals surface area contributed by atoms with E-state index in [0.717, 1.165) is 6.29 Å². The van der Waals surface area contributed by atoms with Crippen molar-refractivity contribution in [3.63, 3.8) is 0 Å². The van der Waals surface area contributed by atoms with E-state index in [-0.39, 0.29) is 23.9 Å². The van der Waals surface area contributed by atoms with Crippen LogP contribution >= 0.6 is 0 Å². The van der Waals surface area contributed by atoms with E-state index in [0.29, 0.717) is 0 Å². The van der Waals surface area contributed by atoms with Gasteiger partial charge >= 0.3 is 0 Å². The average molecular weight is 128 g/mol. The highest BCUT2D eigenvalue weighted by atomic mass is 16.3. The number of carbonyl (C=O) groups is 1. The van der Waals surface area contributed by atoms with Crippen LogP contribution < -0.4 is 0 Å². The van der Waals surface area contributed by atoms with Gasteiger partial charge in [-0.3, -0.25) is 0 Å². The Labute approximate surface area is 54.9 Å². The molecule has 0 spiro atoms. The standard InChI is InChI=1S/C7H12O2/c1-7(2)5(3-8)6(7)4-9/h3,5-6,9H,4H2,1-2H3. The number of aliphatic hydroxyl groups is 1. The molecule has 1 saturated carbocycles. The average Bonchev–Trinajstić information content (AvgIpc) is 2.32. The summed E-state index contributed by atoms with van der Waals surface area (Å²) in [6.07, 6.45) is 0.945. The van der Waals surface area contributed by atoms with Crippen LogP contribution in [0.5, 0.6) is 0 Å². The molecule has 1 aliphatic carbocycles. The monoisotopic (exact) mass is 128 g/mol. The molecule has 0 bridgehead atoms. The summed E-state index contributed by atoms with van der Waals surface area (Å²) >= 11 is 0. The van der Waals surface area contributed by atoms with Gasteiger partial charge in [0.1, 0.15) is 6.29 Å². The Morgan fingerprint density at radius 2 is 2.22 bits per heavy atom. The molecule has 2 atom stereocenters. The molecule has 1 aliphatic rings. The van der Waals surface area contributed by atoms with Crippen LogP contribution in [0.4, 0.5) is 0 Å². The van der Waals surface area contributed by atoms with E-state index in [2.05, 4.69) is 0 Å². The minimum absolute atomic E-state index is 0.0660. The maximum atomic E-state index is 10.2. The van der Waals surface area contributed by atoms with Crippen LogP contribution in [0.1, 0.15) is 13.8 Å². The van der Waals surface area contributed by atoms with Gasteiger partial charge in [0.05, 0.1) is 0 Å². The van der Waals surface area contributed by atoms with E-state index < -0.39 is 0 Å². The van der Waals surface area contributed by atoms with E-state index in [1.807, 2.05) is 13.8 Å². The first kappa shape index (κ1) is 6.75. The van der Waals surface area contributed by atoms with Crippen molar-refractivity contribution in [2.75, 3.05) is 6.61 Å². The zero-order chi connectivity index (χ0) is 7.07. The van der Waals surface area contributed by atoms with Gasteiger partial charge in [0.25, 0.3) is 0 Å². The molecular formula is C7H12O2. The zero-order valence-corrected chi connectivity index (χ0v) is 5.79. The summed E-state index contributed by atoms with van der Waals surface area (Å²) in [6, 6.07) is 0. The predicted octanol–water partition coefficient (Wildman–Crippen LogP) is 0.450. The molecule has 0 amide bonds. The van der Waals surface area contributed by atoms with Crippen LogP contribution in [0, 0.1) is 17.3 Å². The Balaban J connectivity index is 2.54. The summed E-state index contributed by atoms with van der Waals surface area (Å²) in [5.41, 5.74) is 0.0660. The molecule has 9 heavy (non-hydrogen) atoms. The predicted molar refractivity (Wildman–Crippen MR) is 33.9 cm³/mol. The van der Waals surface area contributed by atoms with Crippen molar-refractivity contribution in [2.24, 2.45) is 17.3 Å². The lowest BCUT2D eigenvalue weighted by molar-refractivity contribution is -0.109. The van der Waals surface area contributed by atoms with E-state index in [1.54, 1.807) is 0 Å². The van der Waals surface area contributed by atoms with E-state index >= 15 is 0 Å². The van der Waals surface area contributed by atoms with Crippen molar-refractivity contribution in [3.05, 3.63) is 0 Å². The second-order valence-corrected chi connectivity index (χ2v) is 3.27. The second kappa shape index (κ2) is 1.81. The van der Waals surface area contributed by atoms with Crippen molar-refractivity contribution in [3.8, 4) is 0 Å². The van der Waals surface area contributed by atoms with Crippen LogP contribution in [0.15, 0.2) is 0 Å². The molecule has 0 aromatic carbocycles. The number of hydrogen-bond donors (Lipinski definition) is 1. The molecule has 1 fully saturated rings. The van der Waals surface area contributed by atoms with Crippen LogP contribution in [0.25, 0.3) is 0 Å². The van der Waals surface area contributed by atoms with E-state index in [1.165, 1.54) is 0 Å². The molecular weight excluding hydrogens is 116 g/mol. The molecule has 0 aromatic rings. The summed E-state index contributed by atoms with van der Waals surface area (Å²) in [4.78, 5) is 10.2. The van der Waals surface area contributed by atoms with Crippen LogP contribution in [0.3, 0.4) is 0 Å². The number of carbonyl (C=O) groups excluding carboxylic acids is 1. The molecule has 0 saturated heterocycles. The Morgan fingerprint density at radius 3 is 2.33 bits per heavy atom. The highest BCUT2D eigenvalue weighted by Gasteiger charge is 2.56. The summed E-state index contributed by atoms with van der Waals surface area (Å²) in [5.74, 6) is 0.317. The van der Waals surface area contributed by atoms with Gasteiger partial charge in [-0.1, -0.05) is 13.8 Å². The minimum atomic E-state index is 0.0660. The molecule has 2 nitrogen and oxygen atoms in total. The van der Waals surface area contributed by atoms with Crippen molar-refractivity contribution in [1.29, 1.82) is 0 Å². The molecule has 52 valence electrons. The van der Waals surface area contributed by atoms with Gasteiger partial charge in [0, 0.05) is 12.5 Å². The fourth-order valence-electron chi connectivity index (χ4n) is 1.41. The zero-order valence-electron chi connectivity index (χ0n) is 5.79. The lowest BCUT2D eigenvalue weighted by Crippen LogP contribution is -1.93. The first-order chi connectivity index (χ1) is 4.14. The van der Waals surface area contributed by atoms with Crippen LogP contribution in [-0.2, 0) is 4.79 Å². The van der Waals surface area contributed by atoms with E-state index in [9.17, 15) is 4.79 Å². The summed E-state index contributed by atoms with van der Waals surface area (Å²) in [6.45, 7) is 4.16. The number of rotatable bonds is 2. The summed E-state index contributed by atoms with van der Waals surface area (Å²) < 4.78 is 0. The Morgan fingerprint density at radius 1 is 1.67 bits per heavy atom. The Hall–Kier alpha value is -0.370. The fraction of sp³-hybridized carbons (Fsp3) is 0.857. The van der Waals surface area contributed by atoms with Crippen molar-refractivity contribution >= 4 is 6.29 Å². The van der Waals surface area contributed by atoms with E-state index in [4.69, 9.17) is 5.11 Å². The molecule has 0 heterocycles. The topological polar surface area (TPSA) is 37.3 Å². The third-order valence-corrected chi connectivity index (χ3v) is 2.48. The smallest absolute Gasteiger partial charge is 0.124 e. The normalized spacial score (nSPS) is 38.1. The largest absolute Gasteiger partial charge is 0.396 e. The van der Waals surface area contributed by atoms with Gasteiger partial charge in [-0.25, -0.2) is 0 Å². The number of aldehydes is 1. The minimum Gasteiger partial charge on any atom is -0.396 e. The SMILES string of the molecule is CC1(C)C(C=O)C1CO. The van der Waals surface area contributed by atoms with Crippen molar-refractivity contribution < 1.29 is 9.90 Å². The Bertz CT molecular complexity index is 129. The summed E-state index contributed by atoms with van der Waals surface area (Å²) in [7, 11) is 0. The van der Waals surface area contributed by atoms with Crippen LogP contribution in [0.2, 0.25) is 0 Å². The fourth-order valence-corrected chi connectivity index (χ4v) is 1.41. The third kappa shape index (κ3) is 0.778. The van der Waals surface area contributed by atoms with Gasteiger partial charge in [0.15, 0.2) is 0 Å². The van der Waals surface area contributed by atoms with Gasteiger partial charge in [0.2, 0.25) is 0 Å². The molecule has 2 unspecified atom stereocenters. The first-order valence-electron chi connectivity index (χ1n) is 3.20. The molecule has 2 heteroatoms. The lowest BCUT2D eigenvalue weighted by Gasteiger charge is -1.95. The summed E-state index contributed by atoms with van der Waals surface area (Å²) in [5, 5.41) is 8.68. The molecule has 0 aromatic heterocycles. The third-order valence-electron chi connectivity index (χ3n) is 2.48. The highest BCUT2D eigenvalue weighted by molar-refractivity contribution is 5.61. The lowest BCUT2D eigenvalue weighted by atomic mass is 10.1. The quantitative estimate of drug-likeness (QED) is 0.548. The molecule has 1 N–H and O–H groups in total. The van der Waals surface area contributed by atoms with Crippen molar-refractivity contribution in [1.82, 2.24) is 0 Å². The van der Waals surface area contributed by atoms with Crippen molar-refractivity contribution in [2.45, 2.75) is 13.8 Å². The number of hydrogen-bond acceptors (Lipinski definition) is 2. The van der Waals surface area contributed by atoms with Gasteiger partial charge in [-0.15, -0.1) is 0 Å². The van der Waals surface area contributed by atoms with Gasteiger partial charge < -0.3 is 9.90 Å². The molecule has 0 radical (unpaired) electrons. The van der Waals surface area contributed by atoms with Gasteiger partial charge in [-0.05, 0) is 11.3 Å². The first-order valence-corrected chi connectivity index (χ1v) is 3.20. The highest BCUT2D eigenvalue weighted by Crippen LogP contribution is 2.56. The van der Waals surface area contributed by atoms with Gasteiger partial charge in [-0.2, -0.15) is 0 Å². The number of aliphatic hydroxyl groups excluding tert-OH is 1. The maximum absolute atomic E-state index is 10.2. The second-order valence-electron chi connectivity index (χ2n) is 3.27.